The van der Waals surface area contributed by atoms with Gasteiger partial charge in [0.1, 0.15) is 5.75 Å². The van der Waals surface area contributed by atoms with E-state index in [4.69, 9.17) is 0 Å². The van der Waals surface area contributed by atoms with Crippen LogP contribution in [0.3, 0.4) is 0 Å². The average molecular weight is 354 g/mol. The van der Waals surface area contributed by atoms with Crippen molar-refractivity contribution >= 4 is 34.2 Å². The number of benzene rings is 1. The number of phenolic OH excluding ortho intramolecular Hbond substituents is 1. The molecule has 0 saturated carbocycles. The lowest BCUT2D eigenvalue weighted by atomic mass is 10.2. The Morgan fingerprint density at radius 2 is 2.17 bits per heavy atom. The van der Waals surface area contributed by atoms with Crippen LogP contribution in [-0.2, 0) is 0 Å². The first-order valence-electron chi connectivity index (χ1n) is 5.28. The van der Waals surface area contributed by atoms with Crippen molar-refractivity contribution in [1.29, 1.82) is 0 Å². The number of hydrogen-bond donors (Lipinski definition) is 2. The highest BCUT2D eigenvalue weighted by molar-refractivity contribution is 14.1. The van der Waals surface area contributed by atoms with Gasteiger partial charge in [-0.05, 0) is 59.3 Å². The molecule has 0 atom stereocenters. The molecule has 1 aromatic heterocycles. The molecule has 5 heteroatoms. The fraction of sp³-hybridized carbons (Fsp3) is 0.0769. The van der Waals surface area contributed by atoms with Crippen molar-refractivity contribution in [1.82, 2.24) is 4.98 Å². The van der Waals surface area contributed by atoms with Crippen LogP contribution in [0.4, 0.5) is 5.69 Å². The average Bonchev–Trinajstić information content (AvgIpc) is 2.35. The van der Waals surface area contributed by atoms with Gasteiger partial charge >= 0.3 is 0 Å². The largest absolute Gasteiger partial charge is 0.507 e. The number of aryl methyl sites for hydroxylation is 1. The summed E-state index contributed by atoms with van der Waals surface area (Å²) in [6.07, 6.45) is 3.30. The second-order valence-corrected chi connectivity index (χ2v) is 4.97. The molecule has 18 heavy (non-hydrogen) atoms. The molecule has 2 rings (SSSR count). The van der Waals surface area contributed by atoms with Crippen LogP contribution in [0.5, 0.6) is 5.75 Å². The third kappa shape index (κ3) is 2.79. The van der Waals surface area contributed by atoms with Gasteiger partial charge in [0.15, 0.2) is 0 Å². The van der Waals surface area contributed by atoms with E-state index >= 15 is 0 Å². The maximum atomic E-state index is 12.0. The van der Waals surface area contributed by atoms with Crippen LogP contribution < -0.4 is 5.32 Å². The fourth-order valence-electron chi connectivity index (χ4n) is 1.46. The number of carbonyl (C=O) groups excluding carboxylic acids is 1. The van der Waals surface area contributed by atoms with Crippen molar-refractivity contribution in [2.24, 2.45) is 0 Å². The minimum absolute atomic E-state index is 0.106. The van der Waals surface area contributed by atoms with Gasteiger partial charge in [-0.1, -0.05) is 0 Å². The molecule has 2 N–H and O–H groups in total. The number of nitrogens with one attached hydrogen (secondary N) is 1. The summed E-state index contributed by atoms with van der Waals surface area (Å²) in [5.41, 5.74) is 2.03. The van der Waals surface area contributed by atoms with Gasteiger partial charge in [0.25, 0.3) is 5.91 Å². The SMILES string of the molecule is Cc1cnccc1NC(=O)c1ccc(I)c(O)c1. The second-order valence-electron chi connectivity index (χ2n) is 3.81. The van der Waals surface area contributed by atoms with Crippen LogP contribution in [0.15, 0.2) is 36.7 Å². The van der Waals surface area contributed by atoms with Gasteiger partial charge in [0.2, 0.25) is 0 Å². The number of rotatable bonds is 2. The van der Waals surface area contributed by atoms with Gasteiger partial charge in [-0.25, -0.2) is 0 Å². The summed E-state index contributed by atoms with van der Waals surface area (Å²) in [7, 11) is 0. The van der Waals surface area contributed by atoms with Crippen molar-refractivity contribution in [2.45, 2.75) is 6.92 Å². The predicted octanol–water partition coefficient (Wildman–Crippen LogP) is 2.95. The van der Waals surface area contributed by atoms with Crippen molar-refractivity contribution in [3.63, 3.8) is 0 Å². The Hall–Kier alpha value is -1.63. The molecular weight excluding hydrogens is 343 g/mol. The van der Waals surface area contributed by atoms with Gasteiger partial charge in [-0.3, -0.25) is 9.78 Å². The number of aromatic hydroxyl groups is 1. The molecule has 2 aromatic rings. The van der Waals surface area contributed by atoms with E-state index in [1.165, 1.54) is 6.07 Å². The van der Waals surface area contributed by atoms with Crippen LogP contribution in [0.25, 0.3) is 0 Å². The minimum Gasteiger partial charge on any atom is -0.507 e. The summed E-state index contributed by atoms with van der Waals surface area (Å²) >= 11 is 2.00. The summed E-state index contributed by atoms with van der Waals surface area (Å²) < 4.78 is 0.712. The topological polar surface area (TPSA) is 62.2 Å². The quantitative estimate of drug-likeness (QED) is 0.816. The Bertz CT molecular complexity index is 599. The summed E-state index contributed by atoms with van der Waals surface area (Å²) in [5, 5.41) is 12.4. The molecule has 0 aliphatic rings. The van der Waals surface area contributed by atoms with E-state index < -0.39 is 0 Å². The Labute approximate surface area is 118 Å². The summed E-state index contributed by atoms with van der Waals surface area (Å²) in [6.45, 7) is 1.87. The monoisotopic (exact) mass is 354 g/mol. The Morgan fingerprint density at radius 1 is 1.39 bits per heavy atom. The molecule has 0 saturated heterocycles. The third-order valence-electron chi connectivity index (χ3n) is 2.48. The molecular formula is C13H11IN2O2. The lowest BCUT2D eigenvalue weighted by Crippen LogP contribution is -2.12. The highest BCUT2D eigenvalue weighted by atomic mass is 127. The molecule has 0 bridgehead atoms. The molecule has 0 aliphatic carbocycles. The molecule has 1 heterocycles. The van der Waals surface area contributed by atoms with E-state index in [0.717, 1.165) is 5.56 Å². The van der Waals surface area contributed by atoms with Crippen molar-refractivity contribution in [2.75, 3.05) is 5.32 Å². The number of amides is 1. The zero-order valence-electron chi connectivity index (χ0n) is 9.64. The molecule has 1 aromatic carbocycles. The molecule has 1 amide bonds. The van der Waals surface area contributed by atoms with Gasteiger partial charge in [-0.2, -0.15) is 0 Å². The molecule has 0 radical (unpaired) electrons. The number of phenols is 1. The Kier molecular flexibility index (Phi) is 3.81. The smallest absolute Gasteiger partial charge is 0.255 e. The Balaban J connectivity index is 2.22. The first-order valence-corrected chi connectivity index (χ1v) is 6.36. The standard InChI is InChI=1S/C13H11IN2O2/c1-8-7-15-5-4-11(8)16-13(18)9-2-3-10(14)12(17)6-9/h2-7,17H,1H3,(H,15,16,18). The van der Waals surface area contributed by atoms with E-state index in [1.54, 1.807) is 30.6 Å². The summed E-state index contributed by atoms with van der Waals surface area (Å²) in [4.78, 5) is 15.9. The molecule has 0 fully saturated rings. The molecule has 0 spiro atoms. The first kappa shape index (κ1) is 12.8. The minimum atomic E-state index is -0.254. The fourth-order valence-corrected chi connectivity index (χ4v) is 1.80. The van der Waals surface area contributed by atoms with Gasteiger partial charge in [0.05, 0.1) is 3.57 Å². The first-order chi connectivity index (χ1) is 8.58. The number of pyridine rings is 1. The van der Waals surface area contributed by atoms with Crippen molar-refractivity contribution < 1.29 is 9.90 Å². The van der Waals surface area contributed by atoms with Crippen molar-refractivity contribution in [3.05, 3.63) is 51.4 Å². The lowest BCUT2D eigenvalue weighted by Gasteiger charge is -2.08. The highest BCUT2D eigenvalue weighted by Crippen LogP contribution is 2.21. The normalized spacial score (nSPS) is 10.1. The van der Waals surface area contributed by atoms with E-state index in [-0.39, 0.29) is 11.7 Å². The molecule has 92 valence electrons. The van der Waals surface area contributed by atoms with Crippen LogP contribution in [0, 0.1) is 10.5 Å². The number of carbonyl (C=O) groups is 1. The molecule has 0 aliphatic heterocycles. The highest BCUT2D eigenvalue weighted by Gasteiger charge is 2.09. The maximum absolute atomic E-state index is 12.0. The summed E-state index contributed by atoms with van der Waals surface area (Å²) in [6, 6.07) is 6.56. The second kappa shape index (κ2) is 5.34. The molecule has 0 unspecified atom stereocenters. The van der Waals surface area contributed by atoms with Crippen LogP contribution >= 0.6 is 22.6 Å². The zero-order chi connectivity index (χ0) is 13.1. The van der Waals surface area contributed by atoms with E-state index in [1.807, 2.05) is 29.5 Å². The lowest BCUT2D eigenvalue weighted by molar-refractivity contribution is 0.102. The van der Waals surface area contributed by atoms with E-state index in [2.05, 4.69) is 10.3 Å². The number of anilines is 1. The van der Waals surface area contributed by atoms with Crippen LogP contribution in [0.1, 0.15) is 15.9 Å². The van der Waals surface area contributed by atoms with Gasteiger partial charge in [0, 0.05) is 23.6 Å². The van der Waals surface area contributed by atoms with E-state index in [9.17, 15) is 9.90 Å². The number of nitrogens with zero attached hydrogens (tertiary/aromatic N) is 1. The number of hydrogen-bond acceptors (Lipinski definition) is 3. The third-order valence-corrected chi connectivity index (χ3v) is 3.39. The number of aromatic nitrogens is 1. The van der Waals surface area contributed by atoms with Gasteiger partial charge < -0.3 is 10.4 Å². The maximum Gasteiger partial charge on any atom is 0.255 e. The summed E-state index contributed by atoms with van der Waals surface area (Å²) in [5.74, 6) is -0.147. The zero-order valence-corrected chi connectivity index (χ0v) is 11.8. The van der Waals surface area contributed by atoms with Crippen LogP contribution in [0.2, 0.25) is 0 Å². The predicted molar refractivity (Wildman–Crippen MR) is 77.8 cm³/mol. The van der Waals surface area contributed by atoms with Gasteiger partial charge in [-0.15, -0.1) is 0 Å². The molecule has 4 nitrogen and oxygen atoms in total. The Morgan fingerprint density at radius 3 is 2.83 bits per heavy atom. The number of halogens is 1. The van der Waals surface area contributed by atoms with Crippen LogP contribution in [-0.4, -0.2) is 16.0 Å². The van der Waals surface area contributed by atoms with E-state index in [0.29, 0.717) is 14.8 Å². The van der Waals surface area contributed by atoms with Crippen molar-refractivity contribution in [3.8, 4) is 5.75 Å².